The average Bonchev–Trinajstić information content (AvgIpc) is 2.80. The zero-order valence-corrected chi connectivity index (χ0v) is 16.9. The number of hydrogen-bond donors (Lipinski definition) is 0. The smallest absolute Gasteiger partial charge is 0.418 e. The van der Waals surface area contributed by atoms with Crippen LogP contribution < -0.4 is 10.2 Å². The molecule has 8 heteroatoms. The first kappa shape index (κ1) is 20.9. The van der Waals surface area contributed by atoms with E-state index in [0.717, 1.165) is 6.07 Å². The van der Waals surface area contributed by atoms with Crippen LogP contribution in [-0.2, 0) is 4.74 Å². The second kappa shape index (κ2) is 8.81. The van der Waals surface area contributed by atoms with Crippen molar-refractivity contribution in [1.82, 2.24) is 9.55 Å². The quantitative estimate of drug-likeness (QED) is 0.350. The first-order chi connectivity index (χ1) is 15.5. The molecule has 4 rings (SSSR count). The fraction of sp³-hybridized carbons (Fsp3) is 0.0833. The van der Waals surface area contributed by atoms with Gasteiger partial charge in [-0.2, -0.15) is 0 Å². The van der Waals surface area contributed by atoms with Gasteiger partial charge in [0.2, 0.25) is 0 Å². The Morgan fingerprint density at radius 1 is 1.06 bits per heavy atom. The van der Waals surface area contributed by atoms with Crippen molar-refractivity contribution in [2.45, 2.75) is 6.92 Å². The van der Waals surface area contributed by atoms with Crippen molar-refractivity contribution in [2.24, 2.45) is 0 Å². The molecule has 2 aromatic carbocycles. The molecule has 2 aromatic heterocycles. The number of aromatic nitrogens is 2. The maximum absolute atomic E-state index is 13.7. The van der Waals surface area contributed by atoms with E-state index in [4.69, 9.17) is 9.47 Å². The van der Waals surface area contributed by atoms with E-state index < -0.39 is 23.3 Å². The minimum absolute atomic E-state index is 0.0591. The molecule has 0 saturated heterocycles. The summed E-state index contributed by atoms with van der Waals surface area (Å²) < 4.78 is 25.4. The van der Waals surface area contributed by atoms with Gasteiger partial charge in [0.25, 0.3) is 0 Å². The Kier molecular flexibility index (Phi) is 5.76. The topological polar surface area (TPSA) is 87.5 Å². The zero-order valence-electron chi connectivity index (χ0n) is 16.9. The van der Waals surface area contributed by atoms with Gasteiger partial charge in [0, 0.05) is 23.8 Å². The van der Waals surface area contributed by atoms with Crippen LogP contribution in [0.4, 0.5) is 9.18 Å². The van der Waals surface area contributed by atoms with Crippen LogP contribution in [0.25, 0.3) is 22.2 Å². The molecule has 0 fully saturated rings. The van der Waals surface area contributed by atoms with Crippen LogP contribution in [0.1, 0.15) is 17.3 Å². The summed E-state index contributed by atoms with van der Waals surface area (Å²) in [4.78, 5) is 41.4. The molecular formula is C24H17FN2O5. The fourth-order valence-electron chi connectivity index (χ4n) is 3.24. The van der Waals surface area contributed by atoms with Crippen LogP contribution in [0.5, 0.6) is 5.75 Å². The molecule has 0 aliphatic carbocycles. The predicted molar refractivity (Wildman–Crippen MR) is 115 cm³/mol. The molecule has 7 nitrogen and oxygen atoms in total. The van der Waals surface area contributed by atoms with E-state index in [1.165, 1.54) is 29.0 Å². The van der Waals surface area contributed by atoms with Crippen molar-refractivity contribution in [3.8, 4) is 17.0 Å². The highest BCUT2D eigenvalue weighted by Gasteiger charge is 2.18. The lowest BCUT2D eigenvalue weighted by Crippen LogP contribution is -2.20. The van der Waals surface area contributed by atoms with Gasteiger partial charge in [0.05, 0.1) is 23.4 Å². The number of pyridine rings is 2. The minimum atomic E-state index is -0.703. The van der Waals surface area contributed by atoms with E-state index >= 15 is 0 Å². The highest BCUT2D eigenvalue weighted by molar-refractivity contribution is 5.93. The normalized spacial score (nSPS) is 10.7. The monoisotopic (exact) mass is 432 g/mol. The minimum Gasteiger partial charge on any atom is -0.449 e. The van der Waals surface area contributed by atoms with Crippen LogP contribution in [0, 0.1) is 5.82 Å². The molecule has 0 radical (unpaired) electrons. The maximum atomic E-state index is 13.7. The van der Waals surface area contributed by atoms with Crippen LogP contribution in [-0.4, -0.2) is 28.2 Å². The van der Waals surface area contributed by atoms with E-state index in [2.05, 4.69) is 4.98 Å². The number of esters is 1. The summed E-state index contributed by atoms with van der Waals surface area (Å²) in [6, 6.07) is 14.3. The Hall–Kier alpha value is -4.33. The number of ether oxygens (including phenoxy) is 2. The van der Waals surface area contributed by atoms with Gasteiger partial charge in [-0.25, -0.2) is 18.5 Å². The molecule has 0 spiro atoms. The van der Waals surface area contributed by atoms with Crippen LogP contribution in [0.15, 0.2) is 77.9 Å². The van der Waals surface area contributed by atoms with E-state index in [9.17, 15) is 18.8 Å². The molecule has 0 aliphatic rings. The largest absolute Gasteiger partial charge is 0.449 e. The summed E-state index contributed by atoms with van der Waals surface area (Å²) in [5.41, 5.74) is 0.844. The standard InChI is InChI=1S/C24H17FN2O5/c1-2-31-24(30)27-20-10-7-17(25)12-19(20)22(28)13-21(27)15-5-8-18(9-6-15)32-23(29)16-4-3-11-26-14-16/h3-14H,2H2,1H3. The third kappa shape index (κ3) is 4.11. The predicted octanol–water partition coefficient (Wildman–Crippen LogP) is 4.43. The van der Waals surface area contributed by atoms with Gasteiger partial charge < -0.3 is 9.47 Å². The van der Waals surface area contributed by atoms with E-state index in [-0.39, 0.29) is 29.0 Å². The summed E-state index contributed by atoms with van der Waals surface area (Å²) in [7, 11) is 0. The van der Waals surface area contributed by atoms with Crippen molar-refractivity contribution >= 4 is 23.0 Å². The van der Waals surface area contributed by atoms with E-state index in [0.29, 0.717) is 11.1 Å². The van der Waals surface area contributed by atoms with Gasteiger partial charge in [-0.05, 0) is 67.1 Å². The second-order valence-corrected chi connectivity index (χ2v) is 6.75. The van der Waals surface area contributed by atoms with Crippen molar-refractivity contribution in [3.63, 3.8) is 0 Å². The number of fused-ring (bicyclic) bond motifs is 1. The summed E-state index contributed by atoms with van der Waals surface area (Å²) in [6.07, 6.45) is 2.24. The lowest BCUT2D eigenvalue weighted by molar-refractivity contribution is 0.0734. The van der Waals surface area contributed by atoms with Crippen molar-refractivity contribution < 1.29 is 23.5 Å². The molecule has 0 aliphatic heterocycles. The van der Waals surface area contributed by atoms with Crippen molar-refractivity contribution in [1.29, 1.82) is 0 Å². The van der Waals surface area contributed by atoms with Crippen molar-refractivity contribution in [2.75, 3.05) is 6.61 Å². The van der Waals surface area contributed by atoms with Gasteiger partial charge in [-0.15, -0.1) is 0 Å². The highest BCUT2D eigenvalue weighted by atomic mass is 19.1. The molecule has 32 heavy (non-hydrogen) atoms. The molecule has 4 aromatic rings. The molecule has 2 heterocycles. The molecule has 0 saturated carbocycles. The number of rotatable bonds is 4. The molecule has 0 amide bonds. The fourth-order valence-corrected chi connectivity index (χ4v) is 3.24. The number of nitrogens with zero attached hydrogens (tertiary/aromatic N) is 2. The first-order valence-electron chi connectivity index (χ1n) is 9.73. The van der Waals surface area contributed by atoms with E-state index in [1.807, 2.05) is 0 Å². The third-order valence-electron chi connectivity index (χ3n) is 4.68. The SMILES string of the molecule is CCOC(=O)n1c(-c2ccc(OC(=O)c3cccnc3)cc2)cc(=O)c2cc(F)ccc21. The number of hydrogen-bond acceptors (Lipinski definition) is 6. The summed E-state index contributed by atoms with van der Waals surface area (Å²) in [5.74, 6) is -0.880. The number of carbonyl (C=O) groups is 2. The van der Waals surface area contributed by atoms with Gasteiger partial charge in [-0.1, -0.05) is 0 Å². The molecule has 0 bridgehead atoms. The molecule has 0 unspecified atom stereocenters. The Bertz CT molecular complexity index is 1370. The lowest BCUT2D eigenvalue weighted by Gasteiger charge is -2.15. The van der Waals surface area contributed by atoms with Gasteiger partial charge in [0.1, 0.15) is 11.6 Å². The van der Waals surface area contributed by atoms with E-state index in [1.54, 1.807) is 49.5 Å². The van der Waals surface area contributed by atoms with Gasteiger partial charge in [0.15, 0.2) is 5.43 Å². The Morgan fingerprint density at radius 3 is 2.53 bits per heavy atom. The van der Waals surface area contributed by atoms with Crippen molar-refractivity contribution in [3.05, 3.63) is 94.7 Å². The molecule has 0 N–H and O–H groups in total. The number of benzene rings is 2. The third-order valence-corrected chi connectivity index (χ3v) is 4.68. The number of carbonyl (C=O) groups excluding carboxylic acids is 2. The zero-order chi connectivity index (χ0) is 22.7. The first-order valence-corrected chi connectivity index (χ1v) is 9.73. The van der Waals surface area contributed by atoms with Crippen LogP contribution in [0.2, 0.25) is 0 Å². The van der Waals surface area contributed by atoms with Crippen LogP contribution >= 0.6 is 0 Å². The summed E-state index contributed by atoms with van der Waals surface area (Å²) in [6.45, 7) is 1.78. The van der Waals surface area contributed by atoms with Gasteiger partial charge in [-0.3, -0.25) is 9.78 Å². The summed E-state index contributed by atoms with van der Waals surface area (Å²) in [5, 5.41) is 0.0591. The Balaban J connectivity index is 1.75. The Morgan fingerprint density at radius 2 is 1.84 bits per heavy atom. The second-order valence-electron chi connectivity index (χ2n) is 6.75. The Labute approximate surface area is 181 Å². The average molecular weight is 432 g/mol. The molecular weight excluding hydrogens is 415 g/mol. The lowest BCUT2D eigenvalue weighted by atomic mass is 10.1. The molecule has 160 valence electrons. The maximum Gasteiger partial charge on any atom is 0.418 e. The highest BCUT2D eigenvalue weighted by Crippen LogP contribution is 2.26. The number of halogens is 1. The molecule has 0 atom stereocenters. The van der Waals surface area contributed by atoms with Crippen LogP contribution in [0.3, 0.4) is 0 Å². The van der Waals surface area contributed by atoms with Gasteiger partial charge >= 0.3 is 12.1 Å². The summed E-state index contributed by atoms with van der Waals surface area (Å²) >= 11 is 0.